The third-order valence-electron chi connectivity index (χ3n) is 6.35. The number of aromatic amines is 1. The van der Waals surface area contributed by atoms with Crippen LogP contribution in [0, 0.1) is 4.64 Å². The Labute approximate surface area is 212 Å². The van der Waals surface area contributed by atoms with Crippen molar-refractivity contribution >= 4 is 33.3 Å². The van der Waals surface area contributed by atoms with Gasteiger partial charge in [0, 0.05) is 33.2 Å². The van der Waals surface area contributed by atoms with Crippen LogP contribution < -0.4 is 4.74 Å². The van der Waals surface area contributed by atoms with Crippen LogP contribution in [0.4, 0.5) is 0 Å². The first-order valence-electron chi connectivity index (χ1n) is 12.3. The zero-order valence-corrected chi connectivity index (χ0v) is 22.5. The SMILES string of the molecule is CCCOc1ccc(S(=O)(=O)N2CCN(CC)CC2)cc1-c1nc(=S)c2c([nH]1)c(CCC)nn2C. The van der Waals surface area contributed by atoms with E-state index < -0.39 is 10.0 Å². The molecule has 0 bridgehead atoms. The van der Waals surface area contributed by atoms with Crippen molar-refractivity contribution in [1.29, 1.82) is 0 Å². The predicted molar refractivity (Wildman–Crippen MR) is 140 cm³/mol. The van der Waals surface area contributed by atoms with E-state index in [0.29, 0.717) is 41.5 Å². The second-order valence-electron chi connectivity index (χ2n) is 8.78. The van der Waals surface area contributed by atoms with E-state index in [4.69, 9.17) is 17.0 Å². The molecule has 190 valence electrons. The molecule has 1 aliphatic heterocycles. The number of H-pyrrole nitrogens is 1. The van der Waals surface area contributed by atoms with Gasteiger partial charge in [-0.25, -0.2) is 13.4 Å². The van der Waals surface area contributed by atoms with E-state index in [1.54, 1.807) is 27.2 Å². The molecule has 0 saturated carbocycles. The molecule has 1 fully saturated rings. The Kier molecular flexibility index (Phi) is 7.89. The average Bonchev–Trinajstić information content (AvgIpc) is 3.18. The van der Waals surface area contributed by atoms with Crippen LogP contribution >= 0.6 is 12.2 Å². The highest BCUT2D eigenvalue weighted by Gasteiger charge is 2.29. The first-order valence-corrected chi connectivity index (χ1v) is 14.1. The fraction of sp³-hybridized carbons (Fsp3) is 0.542. The molecular weight excluding hydrogens is 484 g/mol. The molecule has 1 aromatic carbocycles. The molecule has 3 heterocycles. The molecule has 2 aromatic heterocycles. The molecule has 0 atom stereocenters. The maximum atomic E-state index is 13.5. The summed E-state index contributed by atoms with van der Waals surface area (Å²) < 4.78 is 36.7. The summed E-state index contributed by atoms with van der Waals surface area (Å²) in [5.74, 6) is 1.05. The van der Waals surface area contributed by atoms with Gasteiger partial charge in [-0.2, -0.15) is 9.40 Å². The van der Waals surface area contributed by atoms with Gasteiger partial charge in [-0.05, 0) is 37.6 Å². The third-order valence-corrected chi connectivity index (χ3v) is 8.53. The number of fused-ring (bicyclic) bond motifs is 1. The van der Waals surface area contributed by atoms with Crippen molar-refractivity contribution in [3.05, 3.63) is 28.5 Å². The maximum absolute atomic E-state index is 13.5. The van der Waals surface area contributed by atoms with Crippen molar-refractivity contribution in [3.63, 3.8) is 0 Å². The zero-order chi connectivity index (χ0) is 25.2. The Balaban J connectivity index is 1.82. The molecule has 11 heteroatoms. The fourth-order valence-electron chi connectivity index (χ4n) is 4.42. The highest BCUT2D eigenvalue weighted by atomic mass is 32.2. The molecule has 0 aliphatic carbocycles. The lowest BCUT2D eigenvalue weighted by atomic mass is 10.1. The summed E-state index contributed by atoms with van der Waals surface area (Å²) in [6.45, 7) is 10.1. The van der Waals surface area contributed by atoms with E-state index in [1.165, 1.54) is 0 Å². The van der Waals surface area contributed by atoms with Crippen molar-refractivity contribution in [1.82, 2.24) is 29.0 Å². The molecule has 1 N–H and O–H groups in total. The number of ether oxygens (including phenoxy) is 1. The second kappa shape index (κ2) is 10.7. The van der Waals surface area contributed by atoms with Crippen LogP contribution in [0.5, 0.6) is 5.75 Å². The molecule has 0 unspecified atom stereocenters. The molecule has 1 aliphatic rings. The number of nitrogens with one attached hydrogen (secondary N) is 1. The number of piperazine rings is 1. The summed E-state index contributed by atoms with van der Waals surface area (Å²) in [6, 6.07) is 5.00. The number of aryl methyl sites for hydroxylation is 2. The van der Waals surface area contributed by atoms with Crippen LogP contribution in [-0.4, -0.2) is 76.7 Å². The summed E-state index contributed by atoms with van der Waals surface area (Å²) >= 11 is 5.62. The number of hydrogen-bond donors (Lipinski definition) is 1. The number of likely N-dealkylation sites (N-methyl/N-ethyl adjacent to an activating group) is 1. The smallest absolute Gasteiger partial charge is 0.243 e. The van der Waals surface area contributed by atoms with Gasteiger partial charge in [0.1, 0.15) is 17.1 Å². The van der Waals surface area contributed by atoms with Gasteiger partial charge in [0.15, 0.2) is 4.64 Å². The summed E-state index contributed by atoms with van der Waals surface area (Å²) in [7, 11) is -1.80. The summed E-state index contributed by atoms with van der Waals surface area (Å²) in [4.78, 5) is 10.5. The minimum absolute atomic E-state index is 0.225. The van der Waals surface area contributed by atoms with Crippen LogP contribution in [0.3, 0.4) is 0 Å². The fourth-order valence-corrected chi connectivity index (χ4v) is 6.20. The third kappa shape index (κ3) is 5.13. The molecule has 0 spiro atoms. The summed E-state index contributed by atoms with van der Waals surface area (Å²) in [5, 5.41) is 4.62. The van der Waals surface area contributed by atoms with Gasteiger partial charge >= 0.3 is 0 Å². The minimum atomic E-state index is -3.66. The van der Waals surface area contributed by atoms with Crippen molar-refractivity contribution < 1.29 is 13.2 Å². The van der Waals surface area contributed by atoms with Crippen molar-refractivity contribution in [2.45, 2.75) is 44.9 Å². The summed E-state index contributed by atoms with van der Waals surface area (Å²) in [6.07, 6.45) is 2.56. The van der Waals surface area contributed by atoms with E-state index in [-0.39, 0.29) is 4.90 Å². The Bertz CT molecular complexity index is 1360. The molecule has 4 rings (SSSR count). The van der Waals surface area contributed by atoms with Crippen LogP contribution in [0.1, 0.15) is 39.3 Å². The number of nitrogens with zero attached hydrogens (tertiary/aromatic N) is 5. The second-order valence-corrected chi connectivity index (χ2v) is 11.1. The van der Waals surface area contributed by atoms with E-state index in [9.17, 15) is 8.42 Å². The Hall–Kier alpha value is -2.34. The predicted octanol–water partition coefficient (Wildman–Crippen LogP) is 3.76. The van der Waals surface area contributed by atoms with E-state index in [0.717, 1.165) is 55.6 Å². The normalized spacial score (nSPS) is 15.7. The molecule has 0 amide bonds. The first-order chi connectivity index (χ1) is 16.8. The Morgan fingerprint density at radius 2 is 1.86 bits per heavy atom. The average molecular weight is 519 g/mol. The van der Waals surface area contributed by atoms with Crippen molar-refractivity contribution in [2.24, 2.45) is 7.05 Å². The van der Waals surface area contributed by atoms with Crippen LogP contribution in [0.2, 0.25) is 0 Å². The summed E-state index contributed by atoms with van der Waals surface area (Å²) in [5.41, 5.74) is 3.08. The first kappa shape index (κ1) is 25.7. The van der Waals surface area contributed by atoms with Crippen LogP contribution in [-0.2, 0) is 23.5 Å². The standard InChI is InChI=1S/C24H34N6O3S2/c1-5-8-19-21-22(28(4)27-19)24(34)26-23(25-21)18-16-17(9-10-20(18)33-15-6-2)35(31,32)30-13-11-29(7-3)12-14-30/h9-10,16H,5-8,11-15H2,1-4H3,(H,25,26,34). The van der Waals surface area contributed by atoms with Gasteiger partial charge in [0.2, 0.25) is 10.0 Å². The maximum Gasteiger partial charge on any atom is 0.243 e. The molecule has 9 nitrogen and oxygen atoms in total. The van der Waals surface area contributed by atoms with Gasteiger partial charge in [-0.3, -0.25) is 4.68 Å². The lowest BCUT2D eigenvalue weighted by molar-refractivity contribution is 0.196. The molecule has 1 saturated heterocycles. The van der Waals surface area contributed by atoms with Gasteiger partial charge in [-0.1, -0.05) is 39.4 Å². The van der Waals surface area contributed by atoms with Crippen LogP contribution in [0.25, 0.3) is 22.4 Å². The number of aromatic nitrogens is 4. The quantitative estimate of drug-likeness (QED) is 0.431. The molecule has 35 heavy (non-hydrogen) atoms. The Morgan fingerprint density at radius 1 is 1.11 bits per heavy atom. The number of sulfonamides is 1. The van der Waals surface area contributed by atoms with Gasteiger partial charge in [0.05, 0.1) is 28.3 Å². The van der Waals surface area contributed by atoms with E-state index in [1.807, 2.05) is 14.0 Å². The zero-order valence-electron chi connectivity index (χ0n) is 20.9. The van der Waals surface area contributed by atoms with Gasteiger partial charge < -0.3 is 14.6 Å². The number of benzene rings is 1. The highest BCUT2D eigenvalue weighted by molar-refractivity contribution is 7.89. The highest BCUT2D eigenvalue weighted by Crippen LogP contribution is 2.33. The molecule has 3 aromatic rings. The van der Waals surface area contributed by atoms with E-state index >= 15 is 0 Å². The minimum Gasteiger partial charge on any atom is -0.493 e. The lowest BCUT2D eigenvalue weighted by Crippen LogP contribution is -2.48. The van der Waals surface area contributed by atoms with E-state index in [2.05, 4.69) is 33.8 Å². The van der Waals surface area contributed by atoms with Crippen molar-refractivity contribution in [3.8, 4) is 17.1 Å². The monoisotopic (exact) mass is 518 g/mol. The largest absolute Gasteiger partial charge is 0.493 e. The van der Waals surface area contributed by atoms with Gasteiger partial charge in [0.25, 0.3) is 0 Å². The number of rotatable bonds is 9. The van der Waals surface area contributed by atoms with Gasteiger partial charge in [-0.15, -0.1) is 0 Å². The topological polar surface area (TPSA) is 96.3 Å². The molecule has 0 radical (unpaired) electrons. The molecular formula is C24H34N6O3S2. The van der Waals surface area contributed by atoms with Crippen LogP contribution in [0.15, 0.2) is 23.1 Å². The Morgan fingerprint density at radius 3 is 2.51 bits per heavy atom. The lowest BCUT2D eigenvalue weighted by Gasteiger charge is -2.33. The number of hydrogen-bond acceptors (Lipinski definition) is 7. The van der Waals surface area contributed by atoms with Crippen molar-refractivity contribution in [2.75, 3.05) is 39.3 Å².